The molecule has 23 heavy (non-hydrogen) atoms. The molecule has 0 bridgehead atoms. The Labute approximate surface area is 142 Å². The zero-order valence-electron chi connectivity index (χ0n) is 12.0. The second kappa shape index (κ2) is 6.46. The molecule has 0 radical (unpaired) electrons. The topological polar surface area (TPSA) is 29.1 Å². The van der Waals surface area contributed by atoms with E-state index < -0.39 is 23.1 Å². The van der Waals surface area contributed by atoms with Gasteiger partial charge in [0.1, 0.15) is 17.2 Å². The summed E-state index contributed by atoms with van der Waals surface area (Å²) < 4.78 is 27.3. The molecule has 0 aromatic heterocycles. The first-order valence-electron chi connectivity index (χ1n) is 7.17. The van der Waals surface area contributed by atoms with Crippen molar-refractivity contribution in [3.05, 3.63) is 69.2 Å². The zero-order chi connectivity index (χ0) is 16.6. The van der Waals surface area contributed by atoms with E-state index in [9.17, 15) is 13.6 Å². The summed E-state index contributed by atoms with van der Waals surface area (Å²) in [5.74, 6) is -2.48. The van der Waals surface area contributed by atoms with E-state index in [2.05, 4.69) is 5.32 Å². The number of carbonyl (C=O) groups is 1. The van der Waals surface area contributed by atoms with Gasteiger partial charge in [0, 0.05) is 22.0 Å². The molecule has 1 aliphatic carbocycles. The average molecular weight is 356 g/mol. The van der Waals surface area contributed by atoms with Crippen molar-refractivity contribution in [3.63, 3.8) is 0 Å². The van der Waals surface area contributed by atoms with E-state index in [1.165, 1.54) is 6.07 Å². The number of hydrogen-bond acceptors (Lipinski definition) is 1. The summed E-state index contributed by atoms with van der Waals surface area (Å²) in [6.45, 7) is 0. The lowest BCUT2D eigenvalue weighted by Crippen LogP contribution is -2.46. The van der Waals surface area contributed by atoms with Crippen LogP contribution in [0.2, 0.25) is 10.0 Å². The number of hydrogen-bond donors (Lipinski definition) is 1. The SMILES string of the molecule is O=C(N[C@@H]1CC[C@@H]1c1ccc(Cl)cc1Cl)c1c(F)cccc1F. The van der Waals surface area contributed by atoms with Crippen LogP contribution in [0.5, 0.6) is 0 Å². The number of rotatable bonds is 3. The van der Waals surface area contributed by atoms with Crippen LogP contribution in [0.1, 0.15) is 34.7 Å². The van der Waals surface area contributed by atoms with E-state index in [0.29, 0.717) is 10.0 Å². The predicted octanol–water partition coefficient (Wildman–Crippen LogP) is 4.95. The van der Waals surface area contributed by atoms with Crippen molar-refractivity contribution in [2.45, 2.75) is 24.8 Å². The average Bonchev–Trinajstić information content (AvgIpc) is 2.46. The van der Waals surface area contributed by atoms with Crippen LogP contribution < -0.4 is 5.32 Å². The highest BCUT2D eigenvalue weighted by atomic mass is 35.5. The van der Waals surface area contributed by atoms with Gasteiger partial charge in [0.25, 0.3) is 5.91 Å². The Bertz CT molecular complexity index is 746. The Morgan fingerprint density at radius 1 is 1.09 bits per heavy atom. The van der Waals surface area contributed by atoms with E-state index in [1.807, 2.05) is 6.07 Å². The third kappa shape index (κ3) is 3.19. The molecular weight excluding hydrogens is 343 g/mol. The molecule has 0 saturated heterocycles. The first kappa shape index (κ1) is 16.2. The highest BCUT2D eigenvalue weighted by Gasteiger charge is 2.35. The lowest BCUT2D eigenvalue weighted by atomic mass is 9.75. The van der Waals surface area contributed by atoms with Crippen LogP contribution in [-0.4, -0.2) is 11.9 Å². The largest absolute Gasteiger partial charge is 0.349 e. The van der Waals surface area contributed by atoms with Crippen molar-refractivity contribution in [2.24, 2.45) is 0 Å². The van der Waals surface area contributed by atoms with Crippen LogP contribution in [-0.2, 0) is 0 Å². The second-order valence-corrected chi connectivity index (χ2v) is 6.37. The van der Waals surface area contributed by atoms with E-state index in [-0.39, 0.29) is 12.0 Å². The molecular formula is C17H13Cl2F2NO. The Balaban J connectivity index is 1.77. The highest BCUT2D eigenvalue weighted by molar-refractivity contribution is 6.35. The fourth-order valence-corrected chi connectivity index (χ4v) is 3.35. The van der Waals surface area contributed by atoms with Crippen molar-refractivity contribution < 1.29 is 13.6 Å². The lowest BCUT2D eigenvalue weighted by molar-refractivity contribution is 0.0896. The van der Waals surface area contributed by atoms with Crippen LogP contribution >= 0.6 is 23.2 Å². The van der Waals surface area contributed by atoms with Crippen molar-refractivity contribution >= 4 is 29.1 Å². The van der Waals surface area contributed by atoms with Crippen molar-refractivity contribution in [2.75, 3.05) is 0 Å². The summed E-state index contributed by atoms with van der Waals surface area (Å²) in [5.41, 5.74) is 0.321. The van der Waals surface area contributed by atoms with Gasteiger partial charge in [0.15, 0.2) is 0 Å². The molecule has 2 aromatic rings. The summed E-state index contributed by atoms with van der Waals surface area (Å²) in [6, 6.07) is 8.33. The first-order chi connectivity index (χ1) is 11.0. The Morgan fingerprint density at radius 3 is 2.35 bits per heavy atom. The zero-order valence-corrected chi connectivity index (χ0v) is 13.5. The Morgan fingerprint density at radius 2 is 1.78 bits per heavy atom. The molecule has 2 nitrogen and oxygen atoms in total. The molecule has 1 aliphatic rings. The quantitative estimate of drug-likeness (QED) is 0.829. The summed E-state index contributed by atoms with van der Waals surface area (Å²) in [6.07, 6.45) is 1.57. The standard InChI is InChI=1S/C17H13Cl2F2NO/c18-9-4-5-10(12(19)8-9)11-6-7-15(11)22-17(23)16-13(20)2-1-3-14(16)21/h1-5,8,11,15H,6-7H2,(H,22,23)/t11-,15-/m1/s1. The summed E-state index contributed by atoms with van der Waals surface area (Å²) in [4.78, 5) is 12.2. The van der Waals surface area contributed by atoms with Crippen molar-refractivity contribution in [1.29, 1.82) is 0 Å². The van der Waals surface area contributed by atoms with Gasteiger partial charge >= 0.3 is 0 Å². The number of amides is 1. The van der Waals surface area contributed by atoms with Gasteiger partial charge in [0.05, 0.1) is 0 Å². The maximum atomic E-state index is 13.7. The maximum Gasteiger partial charge on any atom is 0.257 e. The van der Waals surface area contributed by atoms with Gasteiger partial charge in [0.2, 0.25) is 0 Å². The Hall–Kier alpha value is -1.65. The van der Waals surface area contributed by atoms with Crippen LogP contribution in [0.4, 0.5) is 8.78 Å². The minimum Gasteiger partial charge on any atom is -0.349 e. The molecule has 1 fully saturated rings. The third-order valence-corrected chi connectivity index (χ3v) is 4.71. The molecule has 1 amide bonds. The van der Waals surface area contributed by atoms with Crippen molar-refractivity contribution in [3.8, 4) is 0 Å². The third-order valence-electron chi connectivity index (χ3n) is 4.14. The van der Waals surface area contributed by atoms with Gasteiger partial charge in [-0.15, -0.1) is 0 Å². The monoisotopic (exact) mass is 355 g/mol. The molecule has 1 saturated carbocycles. The minimum absolute atomic E-state index is 0.0125. The van der Waals surface area contributed by atoms with Crippen molar-refractivity contribution in [1.82, 2.24) is 5.32 Å². The summed E-state index contributed by atoms with van der Waals surface area (Å²) >= 11 is 12.1. The van der Waals surface area contributed by atoms with E-state index >= 15 is 0 Å². The minimum atomic E-state index is -0.872. The second-order valence-electron chi connectivity index (χ2n) is 5.53. The first-order valence-corrected chi connectivity index (χ1v) is 7.93. The number of halogens is 4. The normalized spacial score (nSPS) is 20.0. The van der Waals surface area contributed by atoms with Gasteiger partial charge in [-0.2, -0.15) is 0 Å². The van der Waals surface area contributed by atoms with E-state index in [0.717, 1.165) is 30.5 Å². The molecule has 2 aromatic carbocycles. The fourth-order valence-electron chi connectivity index (χ4n) is 2.80. The maximum absolute atomic E-state index is 13.7. The van der Waals surface area contributed by atoms with E-state index in [1.54, 1.807) is 12.1 Å². The van der Waals surface area contributed by atoms with Gasteiger partial charge < -0.3 is 5.32 Å². The van der Waals surface area contributed by atoms with Crippen LogP contribution in [0.15, 0.2) is 36.4 Å². The van der Waals surface area contributed by atoms with Gasteiger partial charge in [-0.25, -0.2) is 8.78 Å². The highest BCUT2D eigenvalue weighted by Crippen LogP contribution is 2.41. The molecule has 0 spiro atoms. The molecule has 0 heterocycles. The smallest absolute Gasteiger partial charge is 0.257 e. The molecule has 2 atom stereocenters. The van der Waals surface area contributed by atoms with Crippen LogP contribution in [0.3, 0.4) is 0 Å². The number of carbonyl (C=O) groups excluding carboxylic acids is 1. The molecule has 1 N–H and O–H groups in total. The number of nitrogens with one attached hydrogen (secondary N) is 1. The molecule has 6 heteroatoms. The molecule has 0 unspecified atom stereocenters. The predicted molar refractivity (Wildman–Crippen MR) is 86.0 cm³/mol. The molecule has 0 aliphatic heterocycles. The summed E-state index contributed by atoms with van der Waals surface area (Å²) in [5, 5.41) is 3.75. The van der Waals surface area contributed by atoms with Crippen LogP contribution in [0.25, 0.3) is 0 Å². The Kier molecular flexibility index (Phi) is 4.55. The van der Waals surface area contributed by atoms with Crippen LogP contribution in [0, 0.1) is 11.6 Å². The molecule has 3 rings (SSSR count). The molecule has 120 valence electrons. The van der Waals surface area contributed by atoms with Gasteiger partial charge in [-0.3, -0.25) is 4.79 Å². The van der Waals surface area contributed by atoms with Gasteiger partial charge in [-0.05, 0) is 42.7 Å². The fraction of sp³-hybridized carbons (Fsp3) is 0.235. The number of benzene rings is 2. The van der Waals surface area contributed by atoms with E-state index in [4.69, 9.17) is 23.2 Å². The summed E-state index contributed by atoms with van der Waals surface area (Å²) in [7, 11) is 0. The lowest BCUT2D eigenvalue weighted by Gasteiger charge is -2.38. The van der Waals surface area contributed by atoms with Gasteiger partial charge in [-0.1, -0.05) is 35.3 Å².